The third-order valence-corrected chi connectivity index (χ3v) is 5.04. The van der Waals surface area contributed by atoms with Gasteiger partial charge in [-0.3, -0.25) is 0 Å². The van der Waals surface area contributed by atoms with Gasteiger partial charge < -0.3 is 15.1 Å². The summed E-state index contributed by atoms with van der Waals surface area (Å²) in [7, 11) is 4.39. The fraction of sp³-hybridized carbons (Fsp3) is 0.786. The highest BCUT2D eigenvalue weighted by Gasteiger charge is 2.22. The lowest BCUT2D eigenvalue weighted by molar-refractivity contribution is 0.396. The Hall–Kier alpha value is -0.650. The van der Waals surface area contributed by atoms with Crippen LogP contribution in [0.3, 0.4) is 0 Å². The molecule has 1 aliphatic carbocycles. The number of hydrogen-bond donors (Lipinski definition) is 1. The Morgan fingerprint density at radius 3 is 3.00 bits per heavy atom. The summed E-state index contributed by atoms with van der Waals surface area (Å²) < 4.78 is 0. The van der Waals surface area contributed by atoms with Gasteiger partial charge in [0, 0.05) is 38.1 Å². The minimum absolute atomic E-state index is 0.761. The normalized spacial score (nSPS) is 24.0. The maximum absolute atomic E-state index is 4.74. The Bertz CT molecular complexity index is 415. The fourth-order valence-electron chi connectivity index (χ4n) is 2.73. The standard InChI is InChI=1S/C14H24N4S/c1-17-6-5-11(8-17)9-18(2)14-16-13(10-19-14)7-15-12-3-4-12/h10-12,15H,3-9H2,1-2H3. The zero-order chi connectivity index (χ0) is 13.2. The molecule has 0 bridgehead atoms. The summed E-state index contributed by atoms with van der Waals surface area (Å²) in [6.45, 7) is 4.53. The van der Waals surface area contributed by atoms with Crippen molar-refractivity contribution in [2.24, 2.45) is 5.92 Å². The van der Waals surface area contributed by atoms with E-state index in [2.05, 4.69) is 34.6 Å². The van der Waals surface area contributed by atoms with Crippen molar-refractivity contribution in [3.05, 3.63) is 11.1 Å². The van der Waals surface area contributed by atoms with Crippen molar-refractivity contribution in [3.63, 3.8) is 0 Å². The van der Waals surface area contributed by atoms with Gasteiger partial charge >= 0.3 is 0 Å². The van der Waals surface area contributed by atoms with Gasteiger partial charge in [0.05, 0.1) is 5.69 Å². The largest absolute Gasteiger partial charge is 0.351 e. The van der Waals surface area contributed by atoms with Crippen LogP contribution in [0.4, 0.5) is 5.13 Å². The van der Waals surface area contributed by atoms with Crippen LogP contribution >= 0.6 is 11.3 Å². The molecule has 1 aromatic rings. The van der Waals surface area contributed by atoms with E-state index in [1.807, 2.05) is 0 Å². The van der Waals surface area contributed by atoms with E-state index in [-0.39, 0.29) is 0 Å². The molecule has 0 amide bonds. The van der Waals surface area contributed by atoms with Crippen LogP contribution in [-0.4, -0.2) is 49.7 Å². The molecule has 3 rings (SSSR count). The molecule has 2 heterocycles. The summed E-state index contributed by atoms with van der Waals surface area (Å²) in [6.07, 6.45) is 4.00. The maximum Gasteiger partial charge on any atom is 0.185 e. The van der Waals surface area contributed by atoms with Gasteiger partial charge in [-0.2, -0.15) is 0 Å². The van der Waals surface area contributed by atoms with E-state index in [4.69, 9.17) is 4.98 Å². The predicted molar refractivity (Wildman–Crippen MR) is 80.8 cm³/mol. The number of anilines is 1. The third-order valence-electron chi connectivity index (χ3n) is 4.04. The Kier molecular flexibility index (Phi) is 4.05. The van der Waals surface area contributed by atoms with Crippen molar-refractivity contribution in [2.45, 2.75) is 31.8 Å². The topological polar surface area (TPSA) is 31.4 Å². The first-order valence-corrected chi connectivity index (χ1v) is 8.16. The first-order valence-electron chi connectivity index (χ1n) is 7.28. The summed E-state index contributed by atoms with van der Waals surface area (Å²) in [5.74, 6) is 0.798. The lowest BCUT2D eigenvalue weighted by Crippen LogP contribution is -2.27. The number of nitrogens with zero attached hydrogens (tertiary/aromatic N) is 3. The Labute approximate surface area is 119 Å². The van der Waals surface area contributed by atoms with Crippen LogP contribution in [0.15, 0.2) is 5.38 Å². The zero-order valence-electron chi connectivity index (χ0n) is 11.9. The minimum Gasteiger partial charge on any atom is -0.351 e. The van der Waals surface area contributed by atoms with Gasteiger partial charge in [-0.15, -0.1) is 11.3 Å². The molecule has 1 unspecified atom stereocenters. The second-order valence-electron chi connectivity index (χ2n) is 6.07. The summed E-state index contributed by atoms with van der Waals surface area (Å²) in [4.78, 5) is 9.49. The van der Waals surface area contributed by atoms with Gasteiger partial charge in [-0.1, -0.05) is 0 Å². The van der Waals surface area contributed by atoms with E-state index in [0.29, 0.717) is 0 Å². The van der Waals surface area contributed by atoms with E-state index in [1.165, 1.54) is 43.2 Å². The monoisotopic (exact) mass is 280 g/mol. The molecular formula is C14H24N4S. The first-order chi connectivity index (χ1) is 9.20. The van der Waals surface area contributed by atoms with E-state index >= 15 is 0 Å². The Morgan fingerprint density at radius 2 is 2.32 bits per heavy atom. The summed E-state index contributed by atoms with van der Waals surface area (Å²) in [5, 5.41) is 6.89. The summed E-state index contributed by atoms with van der Waals surface area (Å²) in [5.41, 5.74) is 1.20. The smallest absolute Gasteiger partial charge is 0.185 e. The second-order valence-corrected chi connectivity index (χ2v) is 6.91. The first kappa shape index (κ1) is 13.3. The minimum atomic E-state index is 0.761. The average Bonchev–Trinajstić information content (AvgIpc) is 2.94. The maximum atomic E-state index is 4.74. The molecule has 0 radical (unpaired) electrons. The number of aromatic nitrogens is 1. The molecule has 4 nitrogen and oxygen atoms in total. The lowest BCUT2D eigenvalue weighted by Gasteiger charge is -2.20. The molecule has 1 N–H and O–H groups in total. The van der Waals surface area contributed by atoms with E-state index in [9.17, 15) is 0 Å². The van der Waals surface area contributed by atoms with Crippen molar-refractivity contribution in [2.75, 3.05) is 38.6 Å². The fourth-order valence-corrected chi connectivity index (χ4v) is 3.53. The molecule has 5 heteroatoms. The van der Waals surface area contributed by atoms with Crippen molar-refractivity contribution >= 4 is 16.5 Å². The number of rotatable bonds is 6. The van der Waals surface area contributed by atoms with Crippen LogP contribution < -0.4 is 10.2 Å². The molecule has 106 valence electrons. The van der Waals surface area contributed by atoms with Gasteiger partial charge in [0.15, 0.2) is 5.13 Å². The molecule has 1 aliphatic heterocycles. The molecular weight excluding hydrogens is 256 g/mol. The van der Waals surface area contributed by atoms with E-state index in [0.717, 1.165) is 25.0 Å². The molecule has 19 heavy (non-hydrogen) atoms. The predicted octanol–water partition coefficient (Wildman–Crippen LogP) is 1.78. The highest BCUT2D eigenvalue weighted by Crippen LogP contribution is 2.24. The Morgan fingerprint density at radius 1 is 1.47 bits per heavy atom. The van der Waals surface area contributed by atoms with Crippen LogP contribution in [0.2, 0.25) is 0 Å². The molecule has 2 aliphatic rings. The molecule has 2 fully saturated rings. The van der Waals surface area contributed by atoms with Crippen LogP contribution in [0.1, 0.15) is 25.0 Å². The molecule has 1 saturated heterocycles. The van der Waals surface area contributed by atoms with Gasteiger partial charge in [0.25, 0.3) is 0 Å². The SMILES string of the molecule is CN1CCC(CN(C)c2nc(CNC3CC3)cs2)C1. The molecule has 0 spiro atoms. The average molecular weight is 280 g/mol. The number of nitrogens with one attached hydrogen (secondary N) is 1. The van der Waals surface area contributed by atoms with Crippen LogP contribution in [-0.2, 0) is 6.54 Å². The Balaban J connectivity index is 1.49. The molecule has 1 atom stereocenters. The number of likely N-dealkylation sites (tertiary alicyclic amines) is 1. The van der Waals surface area contributed by atoms with Crippen molar-refractivity contribution in [1.82, 2.24) is 15.2 Å². The van der Waals surface area contributed by atoms with Gasteiger partial charge in [-0.25, -0.2) is 4.98 Å². The lowest BCUT2D eigenvalue weighted by atomic mass is 10.1. The molecule has 1 aromatic heterocycles. The zero-order valence-corrected chi connectivity index (χ0v) is 12.7. The van der Waals surface area contributed by atoms with Crippen molar-refractivity contribution in [1.29, 1.82) is 0 Å². The highest BCUT2D eigenvalue weighted by atomic mass is 32.1. The highest BCUT2D eigenvalue weighted by molar-refractivity contribution is 7.13. The van der Waals surface area contributed by atoms with Crippen LogP contribution in [0.5, 0.6) is 0 Å². The van der Waals surface area contributed by atoms with E-state index < -0.39 is 0 Å². The van der Waals surface area contributed by atoms with Gasteiger partial charge in [0.1, 0.15) is 0 Å². The number of hydrogen-bond acceptors (Lipinski definition) is 5. The summed E-state index contributed by atoms with van der Waals surface area (Å²) in [6, 6.07) is 0.761. The quantitative estimate of drug-likeness (QED) is 0.861. The van der Waals surface area contributed by atoms with Gasteiger partial charge in [0.2, 0.25) is 0 Å². The van der Waals surface area contributed by atoms with Gasteiger partial charge in [-0.05, 0) is 38.8 Å². The third kappa shape index (κ3) is 3.68. The molecule has 0 aromatic carbocycles. The summed E-state index contributed by atoms with van der Waals surface area (Å²) >= 11 is 1.78. The van der Waals surface area contributed by atoms with E-state index in [1.54, 1.807) is 11.3 Å². The second kappa shape index (κ2) is 5.77. The van der Waals surface area contributed by atoms with Crippen molar-refractivity contribution < 1.29 is 0 Å². The van der Waals surface area contributed by atoms with Crippen molar-refractivity contribution in [3.8, 4) is 0 Å². The van der Waals surface area contributed by atoms with Crippen LogP contribution in [0, 0.1) is 5.92 Å². The number of thiazole rings is 1. The molecule has 1 saturated carbocycles. The van der Waals surface area contributed by atoms with Crippen LogP contribution in [0.25, 0.3) is 0 Å².